The number of nitrogens with two attached hydrogens (primary N) is 1. The van der Waals surface area contributed by atoms with Crippen molar-refractivity contribution in [1.29, 1.82) is 0 Å². The third kappa shape index (κ3) is 4.50. The zero-order valence-corrected chi connectivity index (χ0v) is 21.2. The van der Waals surface area contributed by atoms with E-state index in [0.29, 0.717) is 13.1 Å². The first-order valence-corrected chi connectivity index (χ1v) is 13.7. The van der Waals surface area contributed by atoms with Crippen molar-refractivity contribution in [3.05, 3.63) is 71.9 Å². The fraction of sp³-hybridized carbons (Fsp3) is 0.467. The number of carbonyl (C=O) groups is 2. The van der Waals surface area contributed by atoms with E-state index in [4.69, 9.17) is 10.5 Å². The quantitative estimate of drug-likeness (QED) is 0.527. The van der Waals surface area contributed by atoms with Gasteiger partial charge in [0.1, 0.15) is 6.61 Å². The normalized spacial score (nSPS) is 24.8. The molecule has 0 bridgehead atoms. The molecule has 7 nitrogen and oxygen atoms in total. The minimum absolute atomic E-state index is 0.00423. The number of hydrogen-bond donors (Lipinski definition) is 2. The number of nitrogens with one attached hydrogen (secondary N) is 1. The molecule has 2 aromatic carbocycles. The molecule has 1 saturated carbocycles. The lowest BCUT2D eigenvalue weighted by Gasteiger charge is -2.34. The Kier molecular flexibility index (Phi) is 6.63. The molecule has 2 aliphatic heterocycles. The number of para-hydroxylation sites is 1. The Balaban J connectivity index is 1.28. The number of carbonyl (C=O) groups excluding carboxylic acids is 2. The molecule has 7 heteroatoms. The Hall–Kier alpha value is -3.32. The topological polar surface area (TPSA) is 91.7 Å². The molecule has 6 rings (SSSR count). The smallest absolute Gasteiger partial charge is 0.410 e. The number of rotatable bonds is 5. The van der Waals surface area contributed by atoms with Crippen LogP contribution in [0.3, 0.4) is 0 Å². The number of nitrogens with zero attached hydrogens (tertiary/aromatic N) is 2. The summed E-state index contributed by atoms with van der Waals surface area (Å²) >= 11 is 0. The van der Waals surface area contributed by atoms with Gasteiger partial charge in [-0.1, -0.05) is 67.8 Å². The van der Waals surface area contributed by atoms with E-state index >= 15 is 0 Å². The number of benzene rings is 2. The monoisotopic (exact) mass is 500 g/mol. The second kappa shape index (κ2) is 10.2. The number of H-pyrrole nitrogens is 1. The minimum atomic E-state index is -0.471. The average molecular weight is 501 g/mol. The van der Waals surface area contributed by atoms with Gasteiger partial charge < -0.3 is 25.3 Å². The average Bonchev–Trinajstić information content (AvgIpc) is 3.66. The fourth-order valence-corrected chi connectivity index (χ4v) is 6.92. The first kappa shape index (κ1) is 24.0. The van der Waals surface area contributed by atoms with Crippen molar-refractivity contribution < 1.29 is 14.3 Å². The summed E-state index contributed by atoms with van der Waals surface area (Å²) in [4.78, 5) is 34.4. The molecule has 3 heterocycles. The maximum absolute atomic E-state index is 13.8. The van der Waals surface area contributed by atoms with E-state index in [2.05, 4.69) is 17.1 Å². The SMILES string of the molecule is NC(C(=O)N1CC[C@@H]2[C@H]1C(c1c[nH]c3ccccc13)CN2C(=O)OCc1ccccc1)C1CCCCC1. The zero-order chi connectivity index (χ0) is 25.4. The van der Waals surface area contributed by atoms with Crippen LogP contribution in [0.2, 0.25) is 0 Å². The van der Waals surface area contributed by atoms with E-state index in [9.17, 15) is 9.59 Å². The molecule has 2 saturated heterocycles. The number of ether oxygens (including phenoxy) is 1. The molecule has 0 spiro atoms. The molecular weight excluding hydrogens is 464 g/mol. The van der Waals surface area contributed by atoms with Crippen LogP contribution in [0.4, 0.5) is 4.79 Å². The van der Waals surface area contributed by atoms with Crippen molar-refractivity contribution in [2.75, 3.05) is 13.1 Å². The highest BCUT2D eigenvalue weighted by molar-refractivity contribution is 5.86. The van der Waals surface area contributed by atoms with Crippen LogP contribution in [0.1, 0.15) is 55.6 Å². The highest BCUT2D eigenvalue weighted by atomic mass is 16.6. The summed E-state index contributed by atoms with van der Waals surface area (Å²) in [5.74, 6) is 0.291. The van der Waals surface area contributed by atoms with E-state index in [1.165, 1.54) is 6.42 Å². The van der Waals surface area contributed by atoms with Crippen molar-refractivity contribution in [2.24, 2.45) is 11.7 Å². The van der Waals surface area contributed by atoms with E-state index in [1.807, 2.05) is 58.5 Å². The fourth-order valence-electron chi connectivity index (χ4n) is 6.92. The highest BCUT2D eigenvalue weighted by Crippen LogP contribution is 2.44. The lowest BCUT2D eigenvalue weighted by Crippen LogP contribution is -2.52. The second-order valence-electron chi connectivity index (χ2n) is 10.9. The third-order valence-corrected chi connectivity index (χ3v) is 8.81. The Morgan fingerprint density at radius 1 is 0.973 bits per heavy atom. The number of aromatic nitrogens is 1. The predicted molar refractivity (Wildman–Crippen MR) is 143 cm³/mol. The number of amides is 2. The lowest BCUT2D eigenvalue weighted by molar-refractivity contribution is -0.135. The van der Waals surface area contributed by atoms with Gasteiger partial charge in [0, 0.05) is 36.1 Å². The van der Waals surface area contributed by atoms with Crippen LogP contribution >= 0.6 is 0 Å². The first-order valence-electron chi connectivity index (χ1n) is 13.7. The van der Waals surface area contributed by atoms with E-state index in [1.54, 1.807) is 0 Å². The summed E-state index contributed by atoms with van der Waals surface area (Å²) in [6.45, 7) is 1.38. The molecule has 3 aliphatic rings. The molecule has 2 amide bonds. The first-order chi connectivity index (χ1) is 18.1. The van der Waals surface area contributed by atoms with Crippen molar-refractivity contribution in [3.63, 3.8) is 0 Å². The number of likely N-dealkylation sites (tertiary alicyclic amines) is 2. The van der Waals surface area contributed by atoms with Gasteiger partial charge in [-0.3, -0.25) is 4.79 Å². The maximum Gasteiger partial charge on any atom is 0.410 e. The Bertz CT molecular complexity index is 1250. The van der Waals surface area contributed by atoms with Crippen molar-refractivity contribution >= 4 is 22.9 Å². The molecule has 2 unspecified atom stereocenters. The van der Waals surface area contributed by atoms with Gasteiger partial charge in [0.25, 0.3) is 0 Å². The van der Waals surface area contributed by atoms with Crippen LogP contribution < -0.4 is 5.73 Å². The molecular formula is C30H36N4O3. The van der Waals surface area contributed by atoms with Gasteiger partial charge in [0.15, 0.2) is 0 Å². The van der Waals surface area contributed by atoms with Gasteiger partial charge in [0.05, 0.1) is 18.1 Å². The van der Waals surface area contributed by atoms with Crippen molar-refractivity contribution in [3.8, 4) is 0 Å². The lowest BCUT2D eigenvalue weighted by atomic mass is 9.83. The van der Waals surface area contributed by atoms with Crippen molar-refractivity contribution in [2.45, 2.75) is 69.2 Å². The van der Waals surface area contributed by atoms with Gasteiger partial charge in [-0.2, -0.15) is 0 Å². The molecule has 1 aliphatic carbocycles. The summed E-state index contributed by atoms with van der Waals surface area (Å²) in [5.41, 5.74) is 9.78. The molecule has 0 radical (unpaired) electrons. The third-order valence-electron chi connectivity index (χ3n) is 8.81. The summed E-state index contributed by atoms with van der Waals surface area (Å²) in [7, 11) is 0. The molecule has 37 heavy (non-hydrogen) atoms. The molecule has 194 valence electrons. The number of aromatic amines is 1. The van der Waals surface area contributed by atoms with E-state index in [-0.39, 0.29) is 42.5 Å². The van der Waals surface area contributed by atoms with E-state index < -0.39 is 6.04 Å². The summed E-state index contributed by atoms with van der Waals surface area (Å²) in [5, 5.41) is 1.14. The molecule has 3 aromatic rings. The standard InChI is InChI=1S/C30H36N4O3/c31-27(21-11-5-2-6-12-21)29(35)33-16-15-26-28(33)24(23-17-32-25-14-8-7-13-22(23)25)18-34(26)30(36)37-19-20-9-3-1-4-10-20/h1,3-4,7-10,13-14,17,21,24,26-28,32H,2,5-6,11-12,15-16,18-19,31H2/t24?,26-,27?,28-/m1/s1. The molecule has 1 aromatic heterocycles. The summed E-state index contributed by atoms with van der Waals surface area (Å²) < 4.78 is 5.76. The maximum atomic E-state index is 13.8. The Morgan fingerprint density at radius 3 is 2.54 bits per heavy atom. The zero-order valence-electron chi connectivity index (χ0n) is 21.2. The van der Waals surface area contributed by atoms with Crippen LogP contribution in [-0.2, 0) is 16.1 Å². The van der Waals surface area contributed by atoms with Crippen LogP contribution in [0.15, 0.2) is 60.8 Å². The van der Waals surface area contributed by atoms with E-state index in [0.717, 1.165) is 54.1 Å². The minimum Gasteiger partial charge on any atom is -0.445 e. The van der Waals surface area contributed by atoms with Gasteiger partial charge in [-0.05, 0) is 42.4 Å². The van der Waals surface area contributed by atoms with Crippen LogP contribution in [0.25, 0.3) is 10.9 Å². The van der Waals surface area contributed by atoms with Gasteiger partial charge >= 0.3 is 6.09 Å². The number of hydrogen-bond acceptors (Lipinski definition) is 4. The van der Waals surface area contributed by atoms with Gasteiger partial charge in [-0.25, -0.2) is 4.79 Å². The van der Waals surface area contributed by atoms with Gasteiger partial charge in [0.2, 0.25) is 5.91 Å². The molecule has 3 fully saturated rings. The van der Waals surface area contributed by atoms with Crippen LogP contribution in [-0.4, -0.2) is 58.0 Å². The van der Waals surface area contributed by atoms with Gasteiger partial charge in [-0.15, -0.1) is 0 Å². The largest absolute Gasteiger partial charge is 0.445 e. The Morgan fingerprint density at radius 2 is 1.73 bits per heavy atom. The van der Waals surface area contributed by atoms with Crippen LogP contribution in [0, 0.1) is 5.92 Å². The highest BCUT2D eigenvalue weighted by Gasteiger charge is 2.53. The predicted octanol–water partition coefficient (Wildman–Crippen LogP) is 4.78. The molecule has 3 N–H and O–H groups in total. The number of fused-ring (bicyclic) bond motifs is 2. The molecule has 4 atom stereocenters. The summed E-state index contributed by atoms with van der Waals surface area (Å²) in [6, 6.07) is 17.3. The Labute approximate surface area is 217 Å². The van der Waals surface area contributed by atoms with Crippen molar-refractivity contribution in [1.82, 2.24) is 14.8 Å². The second-order valence-corrected chi connectivity index (χ2v) is 10.9. The van der Waals surface area contributed by atoms with Crippen LogP contribution in [0.5, 0.6) is 0 Å². The summed E-state index contributed by atoms with van der Waals surface area (Å²) in [6.07, 6.45) is 8.06.